The number of piperazine rings is 1. The lowest BCUT2D eigenvalue weighted by Gasteiger charge is -2.41. The van der Waals surface area contributed by atoms with E-state index < -0.39 is 0 Å². The minimum absolute atomic E-state index is 0.277. The van der Waals surface area contributed by atoms with Gasteiger partial charge in [0.25, 0.3) is 0 Å². The lowest BCUT2D eigenvalue weighted by Crippen LogP contribution is -2.57. The molecule has 2 N–H and O–H groups in total. The van der Waals surface area contributed by atoms with Crippen LogP contribution < -0.4 is 10.6 Å². The molecular weight excluding hydrogens is 210 g/mol. The lowest BCUT2D eigenvalue weighted by atomic mass is 9.97. The molecule has 0 aromatic rings. The SMILES string of the molecule is CC(C)C(C)CNCC(C)(C)N1CCNCC1. The van der Waals surface area contributed by atoms with Gasteiger partial charge in [-0.25, -0.2) is 0 Å². The zero-order chi connectivity index (χ0) is 12.9. The van der Waals surface area contributed by atoms with E-state index in [2.05, 4.69) is 50.2 Å². The van der Waals surface area contributed by atoms with Crippen molar-refractivity contribution in [1.29, 1.82) is 0 Å². The van der Waals surface area contributed by atoms with E-state index in [-0.39, 0.29) is 5.54 Å². The summed E-state index contributed by atoms with van der Waals surface area (Å²) in [5.41, 5.74) is 0.277. The highest BCUT2D eigenvalue weighted by molar-refractivity contribution is 4.86. The molecule has 0 aromatic carbocycles. The van der Waals surface area contributed by atoms with Crippen molar-refractivity contribution in [3.05, 3.63) is 0 Å². The van der Waals surface area contributed by atoms with Crippen molar-refractivity contribution in [3.8, 4) is 0 Å². The summed E-state index contributed by atoms with van der Waals surface area (Å²) in [6, 6.07) is 0. The Balaban J connectivity index is 2.28. The molecule has 1 saturated heterocycles. The van der Waals surface area contributed by atoms with Gasteiger partial charge in [-0.2, -0.15) is 0 Å². The first-order valence-electron chi connectivity index (χ1n) is 7.10. The van der Waals surface area contributed by atoms with Gasteiger partial charge in [0.1, 0.15) is 0 Å². The molecule has 102 valence electrons. The number of nitrogens with one attached hydrogen (secondary N) is 2. The van der Waals surface area contributed by atoms with E-state index in [9.17, 15) is 0 Å². The third-order valence-corrected chi connectivity index (χ3v) is 4.14. The standard InChI is InChI=1S/C14H31N3/c1-12(2)13(3)10-16-11-14(4,5)17-8-6-15-7-9-17/h12-13,15-16H,6-11H2,1-5H3. The van der Waals surface area contributed by atoms with Gasteiger partial charge in [0.05, 0.1) is 0 Å². The van der Waals surface area contributed by atoms with Crippen molar-refractivity contribution in [1.82, 2.24) is 15.5 Å². The molecule has 0 saturated carbocycles. The molecule has 1 rings (SSSR count). The molecule has 1 aliphatic rings. The van der Waals surface area contributed by atoms with Gasteiger partial charge in [-0.15, -0.1) is 0 Å². The molecular formula is C14H31N3. The van der Waals surface area contributed by atoms with Crippen molar-refractivity contribution in [3.63, 3.8) is 0 Å². The summed E-state index contributed by atoms with van der Waals surface area (Å²) in [6.07, 6.45) is 0. The van der Waals surface area contributed by atoms with Crippen molar-refractivity contribution in [2.75, 3.05) is 39.3 Å². The van der Waals surface area contributed by atoms with Gasteiger partial charge < -0.3 is 10.6 Å². The Morgan fingerprint density at radius 2 is 1.76 bits per heavy atom. The minimum atomic E-state index is 0.277. The summed E-state index contributed by atoms with van der Waals surface area (Å²) < 4.78 is 0. The van der Waals surface area contributed by atoms with E-state index in [1.54, 1.807) is 0 Å². The van der Waals surface area contributed by atoms with E-state index in [1.165, 1.54) is 13.1 Å². The number of hydrogen-bond acceptors (Lipinski definition) is 3. The highest BCUT2D eigenvalue weighted by Gasteiger charge is 2.27. The van der Waals surface area contributed by atoms with Gasteiger partial charge in [-0.05, 0) is 32.2 Å². The molecule has 0 spiro atoms. The van der Waals surface area contributed by atoms with Crippen LogP contribution in [0.4, 0.5) is 0 Å². The molecule has 3 nitrogen and oxygen atoms in total. The van der Waals surface area contributed by atoms with Crippen LogP contribution in [0.5, 0.6) is 0 Å². The molecule has 1 unspecified atom stereocenters. The summed E-state index contributed by atoms with van der Waals surface area (Å²) in [4.78, 5) is 2.59. The number of nitrogens with zero attached hydrogens (tertiary/aromatic N) is 1. The zero-order valence-corrected chi connectivity index (χ0v) is 12.3. The van der Waals surface area contributed by atoms with Gasteiger partial charge in [-0.3, -0.25) is 4.90 Å². The summed E-state index contributed by atoms with van der Waals surface area (Å²) in [6.45, 7) is 18.5. The summed E-state index contributed by atoms with van der Waals surface area (Å²) >= 11 is 0. The predicted molar refractivity (Wildman–Crippen MR) is 75.4 cm³/mol. The van der Waals surface area contributed by atoms with Crippen LogP contribution in [0.15, 0.2) is 0 Å². The van der Waals surface area contributed by atoms with E-state index >= 15 is 0 Å². The first-order chi connectivity index (χ1) is 7.93. The van der Waals surface area contributed by atoms with Crippen LogP contribution in [0.25, 0.3) is 0 Å². The van der Waals surface area contributed by atoms with E-state index in [0.29, 0.717) is 0 Å². The molecule has 17 heavy (non-hydrogen) atoms. The topological polar surface area (TPSA) is 27.3 Å². The van der Waals surface area contributed by atoms with Crippen LogP contribution in [0.3, 0.4) is 0 Å². The highest BCUT2D eigenvalue weighted by Crippen LogP contribution is 2.14. The van der Waals surface area contributed by atoms with Crippen molar-refractivity contribution >= 4 is 0 Å². The first kappa shape index (κ1) is 14.9. The van der Waals surface area contributed by atoms with Gasteiger partial charge >= 0.3 is 0 Å². The normalized spacial score (nSPS) is 20.8. The Labute approximate surface area is 107 Å². The molecule has 0 aromatic heterocycles. The van der Waals surface area contributed by atoms with Crippen LogP contribution in [0, 0.1) is 11.8 Å². The summed E-state index contributed by atoms with van der Waals surface area (Å²) in [5, 5.41) is 7.06. The fraction of sp³-hybridized carbons (Fsp3) is 1.00. The third-order valence-electron chi connectivity index (χ3n) is 4.14. The van der Waals surface area contributed by atoms with Crippen molar-refractivity contribution in [2.24, 2.45) is 11.8 Å². The Hall–Kier alpha value is -0.120. The second-order valence-corrected chi connectivity index (χ2v) is 6.40. The maximum atomic E-state index is 3.64. The zero-order valence-electron chi connectivity index (χ0n) is 12.3. The van der Waals surface area contributed by atoms with Gasteiger partial charge in [0.2, 0.25) is 0 Å². The van der Waals surface area contributed by atoms with Crippen LogP contribution in [-0.2, 0) is 0 Å². The van der Waals surface area contributed by atoms with Gasteiger partial charge in [0.15, 0.2) is 0 Å². The Bertz CT molecular complexity index is 208. The van der Waals surface area contributed by atoms with Crippen LogP contribution in [0.2, 0.25) is 0 Å². The Morgan fingerprint density at radius 1 is 1.18 bits per heavy atom. The van der Waals surface area contributed by atoms with Crippen molar-refractivity contribution in [2.45, 2.75) is 40.2 Å². The fourth-order valence-electron chi connectivity index (χ4n) is 2.22. The van der Waals surface area contributed by atoms with Gasteiger partial charge in [0, 0.05) is 38.3 Å². The quantitative estimate of drug-likeness (QED) is 0.739. The molecule has 1 aliphatic heterocycles. The molecule has 0 bridgehead atoms. The maximum Gasteiger partial charge on any atom is 0.0278 e. The minimum Gasteiger partial charge on any atom is -0.315 e. The second kappa shape index (κ2) is 6.72. The predicted octanol–water partition coefficient (Wildman–Crippen LogP) is 1.55. The number of hydrogen-bond donors (Lipinski definition) is 2. The second-order valence-electron chi connectivity index (χ2n) is 6.40. The Morgan fingerprint density at radius 3 is 2.29 bits per heavy atom. The number of rotatable bonds is 6. The monoisotopic (exact) mass is 241 g/mol. The first-order valence-corrected chi connectivity index (χ1v) is 7.10. The van der Waals surface area contributed by atoms with E-state index in [1.807, 2.05) is 0 Å². The molecule has 0 aliphatic carbocycles. The molecule has 1 heterocycles. The average Bonchev–Trinajstić information content (AvgIpc) is 2.29. The van der Waals surface area contributed by atoms with Crippen molar-refractivity contribution < 1.29 is 0 Å². The maximum absolute atomic E-state index is 3.64. The highest BCUT2D eigenvalue weighted by atomic mass is 15.2. The van der Waals surface area contributed by atoms with Gasteiger partial charge in [-0.1, -0.05) is 20.8 Å². The Kier molecular flexibility index (Phi) is 5.90. The van der Waals surface area contributed by atoms with Crippen LogP contribution in [0.1, 0.15) is 34.6 Å². The van der Waals surface area contributed by atoms with Crippen LogP contribution in [-0.4, -0.2) is 49.7 Å². The molecule has 3 heteroatoms. The largest absolute Gasteiger partial charge is 0.315 e. The smallest absolute Gasteiger partial charge is 0.0278 e. The van der Waals surface area contributed by atoms with Crippen LogP contribution >= 0.6 is 0 Å². The molecule has 0 radical (unpaired) electrons. The fourth-order valence-corrected chi connectivity index (χ4v) is 2.22. The summed E-state index contributed by atoms with van der Waals surface area (Å²) in [7, 11) is 0. The molecule has 1 fully saturated rings. The average molecular weight is 241 g/mol. The third kappa shape index (κ3) is 4.94. The summed E-state index contributed by atoms with van der Waals surface area (Å²) in [5.74, 6) is 1.53. The van der Waals surface area contributed by atoms with E-state index in [4.69, 9.17) is 0 Å². The molecule has 0 amide bonds. The molecule has 1 atom stereocenters. The van der Waals surface area contributed by atoms with E-state index in [0.717, 1.165) is 38.0 Å². The lowest BCUT2D eigenvalue weighted by molar-refractivity contribution is 0.101.